The van der Waals surface area contributed by atoms with Gasteiger partial charge in [0.25, 0.3) is 0 Å². The summed E-state index contributed by atoms with van der Waals surface area (Å²) >= 11 is 0. The molecule has 6 heteroatoms. The molecule has 0 bridgehead atoms. The van der Waals surface area contributed by atoms with Crippen molar-refractivity contribution in [2.75, 3.05) is 0 Å². The van der Waals surface area contributed by atoms with Crippen molar-refractivity contribution in [3.05, 3.63) is 64.0 Å². The molecule has 3 nitrogen and oxygen atoms in total. The number of aliphatic hydroxyl groups excluding tert-OH is 1. The van der Waals surface area contributed by atoms with Gasteiger partial charge in [0.05, 0.1) is 12.0 Å². The van der Waals surface area contributed by atoms with Gasteiger partial charge in [-0.3, -0.25) is 4.98 Å². The summed E-state index contributed by atoms with van der Waals surface area (Å²) in [6.45, 7) is 8.50. The Morgan fingerprint density at radius 3 is 2.55 bits per heavy atom. The summed E-state index contributed by atoms with van der Waals surface area (Å²) in [7, 11) is 0. The smallest absolute Gasteiger partial charge is 0.388 e. The fourth-order valence-corrected chi connectivity index (χ4v) is 6.09. The minimum Gasteiger partial charge on any atom is -0.388 e. The highest BCUT2D eigenvalue weighted by Crippen LogP contribution is 2.58. The number of pyridine rings is 1. The Hall–Kier alpha value is -1.92. The van der Waals surface area contributed by atoms with Crippen molar-refractivity contribution < 1.29 is 23.0 Å². The van der Waals surface area contributed by atoms with E-state index in [0.717, 1.165) is 52.9 Å². The highest BCUT2D eigenvalue weighted by atomic mass is 19.4. The maximum absolute atomic E-state index is 13.2. The van der Waals surface area contributed by atoms with E-state index in [2.05, 4.69) is 39.8 Å². The first-order valence-corrected chi connectivity index (χ1v) is 12.0. The van der Waals surface area contributed by atoms with Crippen LogP contribution in [-0.4, -0.2) is 16.3 Å². The fraction of sp³-hybridized carbons (Fsp3) is 0.593. The van der Waals surface area contributed by atoms with Crippen LogP contribution in [0.3, 0.4) is 0 Å². The van der Waals surface area contributed by atoms with Crippen molar-refractivity contribution in [2.24, 2.45) is 11.3 Å². The standard InChI is InChI=1S/C27H32F3NO2/c1-15(2)23-21-22(20-18(31-23)13-25(3,4)14-19(20)32)26(11-5-6-12-26)33-24(21)16-7-9-17(10-8-16)27(28,29)30/h5,7-9,11,15,17,19,24,32H,6,10,12-14H2,1-4H3. The Morgan fingerprint density at radius 1 is 1.21 bits per heavy atom. The second-order valence-electron chi connectivity index (χ2n) is 11.1. The molecular weight excluding hydrogens is 427 g/mol. The molecular formula is C27H32F3NO2. The van der Waals surface area contributed by atoms with E-state index >= 15 is 0 Å². The molecule has 1 aliphatic heterocycles. The van der Waals surface area contributed by atoms with Crippen molar-refractivity contribution in [1.29, 1.82) is 0 Å². The van der Waals surface area contributed by atoms with Crippen LogP contribution in [0.4, 0.5) is 13.2 Å². The zero-order valence-electron chi connectivity index (χ0n) is 19.7. The molecule has 1 aromatic rings. The van der Waals surface area contributed by atoms with Gasteiger partial charge in [0, 0.05) is 28.1 Å². The molecule has 0 amide bonds. The van der Waals surface area contributed by atoms with Crippen LogP contribution < -0.4 is 0 Å². The number of fused-ring (bicyclic) bond motifs is 4. The highest BCUT2D eigenvalue weighted by Gasteiger charge is 2.52. The summed E-state index contributed by atoms with van der Waals surface area (Å²) in [6.07, 6.45) is 6.33. The van der Waals surface area contributed by atoms with E-state index in [0.29, 0.717) is 6.42 Å². The lowest BCUT2D eigenvalue weighted by Crippen LogP contribution is -2.31. The molecule has 4 aliphatic rings. The van der Waals surface area contributed by atoms with Crippen LogP contribution in [0.1, 0.15) is 99.6 Å². The lowest BCUT2D eigenvalue weighted by molar-refractivity contribution is -0.160. The Labute approximate surface area is 193 Å². The number of nitrogens with zero attached hydrogens (tertiary/aromatic N) is 1. The third-order valence-corrected chi connectivity index (χ3v) is 7.59. The Morgan fingerprint density at radius 2 is 1.97 bits per heavy atom. The minimum absolute atomic E-state index is 0.0549. The monoisotopic (exact) mass is 459 g/mol. The second kappa shape index (κ2) is 7.54. The quantitative estimate of drug-likeness (QED) is 0.490. The Kier molecular flexibility index (Phi) is 5.22. The number of halogens is 3. The number of hydrogen-bond donors (Lipinski definition) is 1. The maximum atomic E-state index is 13.2. The van der Waals surface area contributed by atoms with Crippen molar-refractivity contribution >= 4 is 0 Å². The lowest BCUT2D eigenvalue weighted by Gasteiger charge is -2.37. The van der Waals surface area contributed by atoms with Crippen LogP contribution in [0, 0.1) is 11.3 Å². The van der Waals surface area contributed by atoms with Gasteiger partial charge in [-0.05, 0) is 49.0 Å². The molecule has 0 fully saturated rings. The van der Waals surface area contributed by atoms with Gasteiger partial charge in [-0.15, -0.1) is 0 Å². The average molecular weight is 460 g/mol. The summed E-state index contributed by atoms with van der Waals surface area (Å²) < 4.78 is 46.5. The summed E-state index contributed by atoms with van der Waals surface area (Å²) in [5, 5.41) is 11.3. The number of allylic oxidation sites excluding steroid dienone is 3. The summed E-state index contributed by atoms with van der Waals surface area (Å²) in [6, 6.07) is 0. The third-order valence-electron chi connectivity index (χ3n) is 7.59. The van der Waals surface area contributed by atoms with Gasteiger partial charge in [0.2, 0.25) is 0 Å². The van der Waals surface area contributed by atoms with Gasteiger partial charge in [0.1, 0.15) is 11.7 Å². The minimum atomic E-state index is -4.25. The SMILES string of the molecule is CC(C)c1nc2c(c3c1C(C1=CCC(C(F)(F)F)C=C1)OC31C=CCC1)C(O)CC(C)(C)C2. The number of alkyl halides is 3. The van der Waals surface area contributed by atoms with Crippen molar-refractivity contribution in [1.82, 2.24) is 4.98 Å². The third kappa shape index (κ3) is 3.70. The normalized spacial score (nSPS) is 32.4. The molecule has 4 unspecified atom stereocenters. The van der Waals surface area contributed by atoms with Gasteiger partial charge in [-0.25, -0.2) is 0 Å². The lowest BCUT2D eigenvalue weighted by atomic mass is 9.70. The number of hydrogen-bond acceptors (Lipinski definition) is 3. The van der Waals surface area contributed by atoms with Crippen LogP contribution in [0.2, 0.25) is 0 Å². The number of ether oxygens (including phenoxy) is 1. The number of aliphatic hydroxyl groups is 1. The van der Waals surface area contributed by atoms with Crippen molar-refractivity contribution in [3.8, 4) is 0 Å². The second-order valence-corrected chi connectivity index (χ2v) is 11.1. The van der Waals surface area contributed by atoms with Gasteiger partial charge in [-0.2, -0.15) is 13.2 Å². The van der Waals surface area contributed by atoms with Crippen LogP contribution in [-0.2, 0) is 16.8 Å². The average Bonchev–Trinajstić information content (AvgIpc) is 3.31. The molecule has 0 aromatic carbocycles. The molecule has 33 heavy (non-hydrogen) atoms. The van der Waals surface area contributed by atoms with Gasteiger partial charge < -0.3 is 9.84 Å². The number of rotatable bonds is 2. The highest BCUT2D eigenvalue weighted by molar-refractivity contribution is 5.57. The van der Waals surface area contributed by atoms with E-state index in [1.54, 1.807) is 12.2 Å². The van der Waals surface area contributed by atoms with E-state index in [1.165, 1.54) is 6.08 Å². The van der Waals surface area contributed by atoms with E-state index in [1.807, 2.05) is 0 Å². The molecule has 5 rings (SSSR count). The first-order chi connectivity index (χ1) is 15.4. The molecule has 1 N–H and O–H groups in total. The molecule has 1 aromatic heterocycles. The summed E-state index contributed by atoms with van der Waals surface area (Å²) in [5.41, 5.74) is 4.77. The van der Waals surface area contributed by atoms with E-state index in [-0.39, 0.29) is 17.8 Å². The largest absolute Gasteiger partial charge is 0.395 e. The zero-order valence-corrected chi connectivity index (χ0v) is 19.7. The van der Waals surface area contributed by atoms with Crippen LogP contribution in [0.5, 0.6) is 0 Å². The number of aromatic nitrogens is 1. The summed E-state index contributed by atoms with van der Waals surface area (Å²) in [4.78, 5) is 5.09. The first kappa shape index (κ1) is 22.9. The molecule has 4 atom stereocenters. The molecule has 0 saturated heterocycles. The molecule has 2 heterocycles. The molecule has 1 spiro atoms. The first-order valence-electron chi connectivity index (χ1n) is 12.0. The van der Waals surface area contributed by atoms with E-state index in [4.69, 9.17) is 9.72 Å². The van der Waals surface area contributed by atoms with E-state index in [9.17, 15) is 18.3 Å². The molecule has 0 radical (unpaired) electrons. The van der Waals surface area contributed by atoms with Gasteiger partial charge >= 0.3 is 6.18 Å². The van der Waals surface area contributed by atoms with Crippen molar-refractivity contribution in [2.45, 2.75) is 89.7 Å². The zero-order chi connectivity index (χ0) is 23.8. The van der Waals surface area contributed by atoms with Crippen LogP contribution in [0.15, 0.2) is 36.0 Å². The van der Waals surface area contributed by atoms with E-state index < -0.39 is 29.9 Å². The molecule has 178 valence electrons. The molecule has 0 saturated carbocycles. The van der Waals surface area contributed by atoms with Crippen LogP contribution >= 0.6 is 0 Å². The van der Waals surface area contributed by atoms with Gasteiger partial charge in [0.15, 0.2) is 0 Å². The van der Waals surface area contributed by atoms with Crippen LogP contribution in [0.25, 0.3) is 0 Å². The maximum Gasteiger partial charge on any atom is 0.395 e. The predicted molar refractivity (Wildman–Crippen MR) is 121 cm³/mol. The van der Waals surface area contributed by atoms with Gasteiger partial charge in [-0.1, -0.05) is 58.1 Å². The Balaban J connectivity index is 1.69. The van der Waals surface area contributed by atoms with Crippen molar-refractivity contribution in [3.63, 3.8) is 0 Å². The predicted octanol–water partition coefficient (Wildman–Crippen LogP) is 6.89. The molecule has 3 aliphatic carbocycles. The summed E-state index contributed by atoms with van der Waals surface area (Å²) in [5.74, 6) is -1.34. The Bertz CT molecular complexity index is 1070. The topological polar surface area (TPSA) is 42.4 Å². The fourth-order valence-electron chi connectivity index (χ4n) is 6.09.